The van der Waals surface area contributed by atoms with Gasteiger partial charge in [0.05, 0.1) is 26.0 Å². The van der Waals surface area contributed by atoms with Crippen LogP contribution >= 0.6 is 0 Å². The van der Waals surface area contributed by atoms with Crippen molar-refractivity contribution in [2.75, 3.05) is 14.2 Å². The Kier molecular flexibility index (Phi) is 5.11. The molecule has 0 bridgehead atoms. The first-order chi connectivity index (χ1) is 14.4. The maximum Gasteiger partial charge on any atom is 0.269 e. The molecule has 2 aromatic carbocycles. The van der Waals surface area contributed by atoms with Gasteiger partial charge in [-0.25, -0.2) is 0 Å². The molecule has 2 N–H and O–H groups in total. The largest absolute Gasteiger partial charge is 0.497 e. The number of methoxy groups -OCH3 is 2. The van der Waals surface area contributed by atoms with Gasteiger partial charge in [-0.05, 0) is 38.1 Å². The number of aromatic nitrogens is 2. The molecule has 0 saturated carbocycles. The van der Waals surface area contributed by atoms with Crippen molar-refractivity contribution in [1.82, 2.24) is 15.5 Å². The number of carbonyl (C=O) groups is 1. The van der Waals surface area contributed by atoms with Gasteiger partial charge in [-0.3, -0.25) is 9.89 Å². The van der Waals surface area contributed by atoms with E-state index in [1.165, 1.54) is 0 Å². The summed E-state index contributed by atoms with van der Waals surface area (Å²) < 4.78 is 16.7. The normalized spacial score (nSPS) is 16.9. The zero-order valence-electron chi connectivity index (χ0n) is 17.5. The molecule has 0 spiro atoms. The van der Waals surface area contributed by atoms with Crippen LogP contribution in [0.5, 0.6) is 17.2 Å². The van der Waals surface area contributed by atoms with Gasteiger partial charge in [-0.15, -0.1) is 0 Å². The summed E-state index contributed by atoms with van der Waals surface area (Å²) in [6.07, 6.45) is 0.670. The molecule has 1 atom stereocenters. The predicted octanol–water partition coefficient (Wildman–Crippen LogP) is 4.13. The number of para-hydroxylation sites is 1. The van der Waals surface area contributed by atoms with Gasteiger partial charge in [-0.1, -0.05) is 18.2 Å². The van der Waals surface area contributed by atoms with E-state index in [9.17, 15) is 4.79 Å². The molecular formula is C23H25N3O4. The highest BCUT2D eigenvalue weighted by atomic mass is 16.5. The number of nitrogens with zero attached hydrogens (tertiary/aromatic N) is 1. The van der Waals surface area contributed by atoms with Crippen molar-refractivity contribution in [1.29, 1.82) is 0 Å². The van der Waals surface area contributed by atoms with E-state index in [4.69, 9.17) is 14.2 Å². The van der Waals surface area contributed by atoms with E-state index in [1.807, 2.05) is 50.2 Å². The Morgan fingerprint density at radius 1 is 1.17 bits per heavy atom. The van der Waals surface area contributed by atoms with Crippen molar-refractivity contribution in [3.05, 3.63) is 59.8 Å². The van der Waals surface area contributed by atoms with Crippen molar-refractivity contribution in [3.8, 4) is 28.5 Å². The Morgan fingerprint density at radius 3 is 2.73 bits per heavy atom. The van der Waals surface area contributed by atoms with Crippen LogP contribution < -0.4 is 19.5 Å². The molecule has 3 aromatic rings. The van der Waals surface area contributed by atoms with E-state index < -0.39 is 0 Å². The highest BCUT2D eigenvalue weighted by Gasteiger charge is 2.34. The van der Waals surface area contributed by atoms with Crippen molar-refractivity contribution in [3.63, 3.8) is 0 Å². The molecule has 1 aromatic heterocycles. The average molecular weight is 407 g/mol. The SMILES string of the molecule is COc1ccc(-c2cc(C(=O)NC3CC(C)(C)Oc4ccccc43)[nH]n2)c(OC)c1. The molecule has 156 valence electrons. The van der Waals surface area contributed by atoms with Gasteiger partial charge in [0, 0.05) is 23.6 Å². The minimum atomic E-state index is -0.373. The van der Waals surface area contributed by atoms with Crippen molar-refractivity contribution in [2.24, 2.45) is 0 Å². The number of rotatable bonds is 5. The molecule has 7 nitrogen and oxygen atoms in total. The Labute approximate surface area is 175 Å². The summed E-state index contributed by atoms with van der Waals surface area (Å²) in [4.78, 5) is 13.0. The lowest BCUT2D eigenvalue weighted by molar-refractivity contribution is 0.0618. The summed E-state index contributed by atoms with van der Waals surface area (Å²) in [5.74, 6) is 1.88. The molecule has 4 rings (SSSR count). The highest BCUT2D eigenvalue weighted by molar-refractivity contribution is 5.94. The molecule has 2 heterocycles. The van der Waals surface area contributed by atoms with Crippen LogP contribution in [-0.2, 0) is 0 Å². The van der Waals surface area contributed by atoms with Crippen LogP contribution in [0.3, 0.4) is 0 Å². The van der Waals surface area contributed by atoms with Crippen molar-refractivity contribution in [2.45, 2.75) is 31.9 Å². The summed E-state index contributed by atoms with van der Waals surface area (Å²) in [6, 6.07) is 14.8. The van der Waals surface area contributed by atoms with Gasteiger partial charge in [0.2, 0.25) is 0 Å². The maximum atomic E-state index is 13.0. The lowest BCUT2D eigenvalue weighted by atomic mass is 9.89. The third-order valence-corrected chi connectivity index (χ3v) is 5.19. The summed E-state index contributed by atoms with van der Waals surface area (Å²) >= 11 is 0. The summed E-state index contributed by atoms with van der Waals surface area (Å²) in [6.45, 7) is 4.04. The van der Waals surface area contributed by atoms with Crippen LogP contribution in [0.15, 0.2) is 48.5 Å². The Bertz CT molecular complexity index is 1070. The molecule has 0 aliphatic carbocycles. The molecule has 1 amide bonds. The van der Waals surface area contributed by atoms with Crippen LogP contribution in [0.1, 0.15) is 42.4 Å². The summed E-state index contributed by atoms with van der Waals surface area (Å²) in [5, 5.41) is 10.3. The van der Waals surface area contributed by atoms with Crippen molar-refractivity contribution < 1.29 is 19.0 Å². The topological polar surface area (TPSA) is 85.5 Å². The van der Waals surface area contributed by atoms with Crippen molar-refractivity contribution >= 4 is 5.91 Å². The second-order valence-corrected chi connectivity index (χ2v) is 7.86. The van der Waals surface area contributed by atoms with E-state index in [0.29, 0.717) is 29.3 Å². The van der Waals surface area contributed by atoms with Gasteiger partial charge in [0.1, 0.15) is 28.5 Å². The molecule has 0 radical (unpaired) electrons. The molecule has 30 heavy (non-hydrogen) atoms. The Morgan fingerprint density at radius 2 is 1.97 bits per heavy atom. The Hall–Kier alpha value is -3.48. The second-order valence-electron chi connectivity index (χ2n) is 7.86. The lowest BCUT2D eigenvalue weighted by Crippen LogP contribution is -2.41. The fraction of sp³-hybridized carbons (Fsp3) is 0.304. The Balaban J connectivity index is 1.57. The highest BCUT2D eigenvalue weighted by Crippen LogP contribution is 2.39. The predicted molar refractivity (Wildman–Crippen MR) is 113 cm³/mol. The van der Waals surface area contributed by atoms with Gasteiger partial charge >= 0.3 is 0 Å². The van der Waals surface area contributed by atoms with Crippen LogP contribution in [0.25, 0.3) is 11.3 Å². The van der Waals surface area contributed by atoms with Gasteiger partial charge < -0.3 is 19.5 Å². The smallest absolute Gasteiger partial charge is 0.269 e. The monoisotopic (exact) mass is 407 g/mol. The molecular weight excluding hydrogens is 382 g/mol. The quantitative estimate of drug-likeness (QED) is 0.664. The van der Waals surface area contributed by atoms with Crippen LogP contribution in [0.4, 0.5) is 0 Å². The fourth-order valence-electron chi connectivity index (χ4n) is 3.75. The number of aromatic amines is 1. The van der Waals surface area contributed by atoms with E-state index in [0.717, 1.165) is 16.9 Å². The summed E-state index contributed by atoms with van der Waals surface area (Å²) in [5.41, 5.74) is 2.37. The van der Waals surface area contributed by atoms with E-state index in [1.54, 1.807) is 26.4 Å². The molecule has 1 aliphatic rings. The number of carbonyl (C=O) groups excluding carboxylic acids is 1. The number of amides is 1. The van der Waals surface area contributed by atoms with E-state index in [2.05, 4.69) is 15.5 Å². The zero-order chi connectivity index (χ0) is 21.3. The molecule has 1 unspecified atom stereocenters. The van der Waals surface area contributed by atoms with Crippen LogP contribution in [-0.4, -0.2) is 35.9 Å². The number of H-pyrrole nitrogens is 1. The minimum absolute atomic E-state index is 0.153. The number of hydrogen-bond donors (Lipinski definition) is 2. The van der Waals surface area contributed by atoms with Crippen LogP contribution in [0, 0.1) is 0 Å². The third-order valence-electron chi connectivity index (χ3n) is 5.19. The number of fused-ring (bicyclic) bond motifs is 1. The second kappa shape index (κ2) is 7.74. The molecule has 7 heteroatoms. The van der Waals surface area contributed by atoms with Gasteiger partial charge in [-0.2, -0.15) is 5.10 Å². The number of nitrogens with one attached hydrogen (secondary N) is 2. The first-order valence-corrected chi connectivity index (χ1v) is 9.77. The number of hydrogen-bond acceptors (Lipinski definition) is 5. The number of ether oxygens (including phenoxy) is 3. The average Bonchev–Trinajstić information content (AvgIpc) is 3.22. The van der Waals surface area contributed by atoms with Crippen LogP contribution in [0.2, 0.25) is 0 Å². The summed E-state index contributed by atoms with van der Waals surface area (Å²) in [7, 11) is 3.18. The third kappa shape index (κ3) is 3.83. The number of benzene rings is 2. The first-order valence-electron chi connectivity index (χ1n) is 9.77. The van der Waals surface area contributed by atoms with Gasteiger partial charge in [0.25, 0.3) is 5.91 Å². The minimum Gasteiger partial charge on any atom is -0.497 e. The lowest BCUT2D eigenvalue weighted by Gasteiger charge is -2.37. The fourth-order valence-corrected chi connectivity index (χ4v) is 3.75. The standard InChI is InChI=1S/C23H25N3O4/c1-23(2)13-19(15-7-5-6-8-20(15)30-23)24-22(27)18-12-17(25-26-18)16-10-9-14(28-3)11-21(16)29-4/h5-12,19H,13H2,1-4H3,(H,24,27)(H,25,26). The van der Waals surface area contributed by atoms with E-state index >= 15 is 0 Å². The molecule has 1 aliphatic heterocycles. The molecule has 0 saturated heterocycles. The molecule has 0 fully saturated rings. The zero-order valence-corrected chi connectivity index (χ0v) is 17.5. The van der Waals surface area contributed by atoms with Gasteiger partial charge in [0.15, 0.2) is 0 Å². The van der Waals surface area contributed by atoms with E-state index in [-0.39, 0.29) is 17.6 Å². The first kappa shape index (κ1) is 19.8. The maximum absolute atomic E-state index is 13.0.